The molecule has 0 amide bonds. The Morgan fingerprint density at radius 3 is 2.39 bits per heavy atom. The Morgan fingerprint density at radius 1 is 1.04 bits per heavy atom. The summed E-state index contributed by atoms with van der Waals surface area (Å²) in [4.78, 5) is 0. The van der Waals surface area contributed by atoms with Crippen LogP contribution in [-0.2, 0) is 6.61 Å². The Balaban J connectivity index is 1.69. The van der Waals surface area contributed by atoms with Gasteiger partial charge >= 0.3 is 0 Å². The lowest BCUT2D eigenvalue weighted by Crippen LogP contribution is -2.03. The molecule has 2 aromatic carbocycles. The first-order valence-corrected chi connectivity index (χ1v) is 7.78. The van der Waals surface area contributed by atoms with Crippen molar-refractivity contribution < 1.29 is 13.9 Å². The SMILES string of the molecule is CCOc1ccc(OCc2ccc3c(C(C)N)coc3c2)cc1. The maximum absolute atomic E-state index is 5.94. The van der Waals surface area contributed by atoms with E-state index in [4.69, 9.17) is 19.6 Å². The largest absolute Gasteiger partial charge is 0.494 e. The van der Waals surface area contributed by atoms with Crippen LogP contribution in [-0.4, -0.2) is 6.61 Å². The lowest BCUT2D eigenvalue weighted by Gasteiger charge is -2.08. The van der Waals surface area contributed by atoms with Crippen molar-refractivity contribution in [1.29, 1.82) is 0 Å². The maximum Gasteiger partial charge on any atom is 0.134 e. The van der Waals surface area contributed by atoms with Crippen LogP contribution in [0.4, 0.5) is 0 Å². The summed E-state index contributed by atoms with van der Waals surface area (Å²) in [7, 11) is 0. The van der Waals surface area contributed by atoms with Gasteiger partial charge in [0.05, 0.1) is 12.9 Å². The van der Waals surface area contributed by atoms with E-state index in [9.17, 15) is 0 Å². The predicted octanol–water partition coefficient (Wildman–Crippen LogP) is 4.43. The number of hydrogen-bond acceptors (Lipinski definition) is 4. The van der Waals surface area contributed by atoms with Crippen molar-refractivity contribution >= 4 is 11.0 Å². The van der Waals surface area contributed by atoms with E-state index in [0.717, 1.165) is 33.6 Å². The average molecular weight is 311 g/mol. The Labute approximate surface area is 135 Å². The van der Waals surface area contributed by atoms with Gasteiger partial charge in [0.1, 0.15) is 23.7 Å². The molecule has 3 rings (SSSR count). The minimum Gasteiger partial charge on any atom is -0.494 e. The molecule has 120 valence electrons. The number of furan rings is 1. The monoisotopic (exact) mass is 311 g/mol. The summed E-state index contributed by atoms with van der Waals surface area (Å²) >= 11 is 0. The van der Waals surface area contributed by atoms with Crippen LogP contribution in [0.2, 0.25) is 0 Å². The summed E-state index contributed by atoms with van der Waals surface area (Å²) in [6, 6.07) is 13.7. The first-order chi connectivity index (χ1) is 11.2. The summed E-state index contributed by atoms with van der Waals surface area (Å²) in [6.45, 7) is 5.06. The molecule has 0 aliphatic heterocycles. The molecule has 4 nitrogen and oxygen atoms in total. The minimum absolute atomic E-state index is 0.0396. The molecule has 0 aliphatic carbocycles. The second kappa shape index (κ2) is 6.75. The fourth-order valence-corrected chi connectivity index (χ4v) is 2.50. The molecule has 1 unspecified atom stereocenters. The summed E-state index contributed by atoms with van der Waals surface area (Å²) in [6.07, 6.45) is 1.73. The van der Waals surface area contributed by atoms with Crippen LogP contribution >= 0.6 is 0 Å². The van der Waals surface area contributed by atoms with Crippen LogP contribution in [0, 0.1) is 0 Å². The van der Waals surface area contributed by atoms with Gasteiger partial charge in [-0.05, 0) is 49.7 Å². The van der Waals surface area contributed by atoms with E-state index in [0.29, 0.717) is 13.2 Å². The quantitative estimate of drug-likeness (QED) is 0.731. The highest BCUT2D eigenvalue weighted by Crippen LogP contribution is 2.26. The van der Waals surface area contributed by atoms with Crippen LogP contribution in [0.1, 0.15) is 31.0 Å². The molecule has 2 N–H and O–H groups in total. The zero-order valence-corrected chi connectivity index (χ0v) is 13.4. The highest BCUT2D eigenvalue weighted by atomic mass is 16.5. The fraction of sp³-hybridized carbons (Fsp3) is 0.263. The molecule has 1 aromatic heterocycles. The van der Waals surface area contributed by atoms with Gasteiger partial charge in [-0.1, -0.05) is 12.1 Å². The van der Waals surface area contributed by atoms with E-state index in [1.807, 2.05) is 56.3 Å². The van der Waals surface area contributed by atoms with E-state index >= 15 is 0 Å². The van der Waals surface area contributed by atoms with E-state index in [-0.39, 0.29) is 6.04 Å². The normalized spacial score (nSPS) is 12.3. The van der Waals surface area contributed by atoms with Crippen molar-refractivity contribution in [1.82, 2.24) is 0 Å². The van der Waals surface area contributed by atoms with Crippen LogP contribution < -0.4 is 15.2 Å². The Hall–Kier alpha value is -2.46. The van der Waals surface area contributed by atoms with Gasteiger partial charge in [-0.25, -0.2) is 0 Å². The van der Waals surface area contributed by atoms with Crippen molar-refractivity contribution in [2.75, 3.05) is 6.61 Å². The summed E-state index contributed by atoms with van der Waals surface area (Å²) < 4.78 is 16.8. The highest BCUT2D eigenvalue weighted by molar-refractivity contribution is 5.82. The summed E-state index contributed by atoms with van der Waals surface area (Å²) in [5, 5.41) is 1.06. The minimum atomic E-state index is -0.0396. The third kappa shape index (κ3) is 3.48. The molecule has 1 atom stereocenters. The molecule has 0 bridgehead atoms. The van der Waals surface area contributed by atoms with Gasteiger partial charge in [-0.15, -0.1) is 0 Å². The first-order valence-electron chi connectivity index (χ1n) is 7.78. The molecule has 1 heterocycles. The zero-order valence-electron chi connectivity index (χ0n) is 13.4. The van der Waals surface area contributed by atoms with Crippen LogP contribution in [0.15, 0.2) is 53.1 Å². The number of hydrogen-bond donors (Lipinski definition) is 1. The molecule has 0 spiro atoms. The van der Waals surface area contributed by atoms with Crippen molar-refractivity contribution in [3.05, 3.63) is 59.9 Å². The molecule has 0 saturated carbocycles. The van der Waals surface area contributed by atoms with Gasteiger partial charge in [0.25, 0.3) is 0 Å². The molecule has 0 saturated heterocycles. The van der Waals surface area contributed by atoms with E-state index in [1.54, 1.807) is 6.26 Å². The van der Waals surface area contributed by atoms with Crippen LogP contribution in [0.25, 0.3) is 11.0 Å². The summed E-state index contributed by atoms with van der Waals surface area (Å²) in [5.41, 5.74) is 8.85. The first kappa shape index (κ1) is 15.4. The number of rotatable bonds is 6. The van der Waals surface area contributed by atoms with Gasteiger partial charge in [0.15, 0.2) is 0 Å². The maximum atomic E-state index is 5.94. The second-order valence-electron chi connectivity index (χ2n) is 5.50. The van der Waals surface area contributed by atoms with E-state index in [1.165, 1.54) is 0 Å². The topological polar surface area (TPSA) is 57.6 Å². The Bertz CT molecular complexity index is 775. The lowest BCUT2D eigenvalue weighted by atomic mass is 10.1. The summed E-state index contributed by atoms with van der Waals surface area (Å²) in [5.74, 6) is 1.66. The third-order valence-corrected chi connectivity index (χ3v) is 3.70. The highest BCUT2D eigenvalue weighted by Gasteiger charge is 2.10. The van der Waals surface area contributed by atoms with Crippen LogP contribution in [0.3, 0.4) is 0 Å². The molecule has 0 fully saturated rings. The standard InChI is InChI=1S/C19H21NO3/c1-3-21-15-5-7-16(8-6-15)22-11-14-4-9-17-18(13(2)20)12-23-19(17)10-14/h4-10,12-13H,3,11,20H2,1-2H3. The molecule has 23 heavy (non-hydrogen) atoms. The predicted molar refractivity (Wildman–Crippen MR) is 90.8 cm³/mol. The van der Waals surface area contributed by atoms with Crippen molar-refractivity contribution in [2.45, 2.75) is 26.5 Å². The lowest BCUT2D eigenvalue weighted by molar-refractivity contribution is 0.304. The molecule has 0 radical (unpaired) electrons. The van der Waals surface area contributed by atoms with E-state index < -0.39 is 0 Å². The Kier molecular flexibility index (Phi) is 4.53. The molecule has 4 heteroatoms. The fourth-order valence-electron chi connectivity index (χ4n) is 2.50. The van der Waals surface area contributed by atoms with Gasteiger partial charge < -0.3 is 19.6 Å². The van der Waals surface area contributed by atoms with E-state index in [2.05, 4.69) is 0 Å². The molecule has 0 aliphatic rings. The van der Waals surface area contributed by atoms with Gasteiger partial charge in [-0.3, -0.25) is 0 Å². The molecule has 3 aromatic rings. The van der Waals surface area contributed by atoms with Crippen LogP contribution in [0.5, 0.6) is 11.5 Å². The number of benzene rings is 2. The van der Waals surface area contributed by atoms with Gasteiger partial charge in [0.2, 0.25) is 0 Å². The number of ether oxygens (including phenoxy) is 2. The second-order valence-corrected chi connectivity index (χ2v) is 5.50. The zero-order chi connectivity index (χ0) is 16.2. The van der Waals surface area contributed by atoms with Gasteiger partial charge in [-0.2, -0.15) is 0 Å². The van der Waals surface area contributed by atoms with Crippen molar-refractivity contribution in [3.8, 4) is 11.5 Å². The van der Waals surface area contributed by atoms with Gasteiger partial charge in [0, 0.05) is 17.0 Å². The Morgan fingerprint density at radius 2 is 1.74 bits per heavy atom. The molecular formula is C19H21NO3. The van der Waals surface area contributed by atoms with Crippen molar-refractivity contribution in [3.63, 3.8) is 0 Å². The smallest absolute Gasteiger partial charge is 0.134 e. The number of fused-ring (bicyclic) bond motifs is 1. The van der Waals surface area contributed by atoms with Crippen molar-refractivity contribution in [2.24, 2.45) is 5.73 Å². The third-order valence-electron chi connectivity index (χ3n) is 3.70. The molecular weight excluding hydrogens is 290 g/mol. The average Bonchev–Trinajstić information content (AvgIpc) is 2.98. The number of nitrogens with two attached hydrogens (primary N) is 1.